The smallest absolute Gasteiger partial charge is 0.0675 e. The van der Waals surface area contributed by atoms with Crippen molar-refractivity contribution in [2.45, 2.75) is 20.3 Å². The Morgan fingerprint density at radius 2 is 2.30 bits per heavy atom. The Labute approximate surface area is 65.7 Å². The van der Waals surface area contributed by atoms with E-state index in [-0.39, 0.29) is 0 Å². The van der Waals surface area contributed by atoms with Gasteiger partial charge in [-0.05, 0) is 17.6 Å². The Morgan fingerprint density at radius 3 is 2.70 bits per heavy atom. The molecule has 2 nitrogen and oxygen atoms in total. The molecule has 1 fully saturated rings. The fourth-order valence-electron chi connectivity index (χ4n) is 1.16. The van der Waals surface area contributed by atoms with Gasteiger partial charge in [-0.15, -0.1) is 0 Å². The van der Waals surface area contributed by atoms with Gasteiger partial charge in [0.15, 0.2) is 0 Å². The molecule has 0 atom stereocenters. The van der Waals surface area contributed by atoms with Crippen molar-refractivity contribution in [1.82, 2.24) is 0 Å². The largest absolute Gasteiger partial charge is 0.411 e. The van der Waals surface area contributed by atoms with Crippen LogP contribution in [0.1, 0.15) is 20.3 Å². The lowest BCUT2D eigenvalue weighted by Gasteiger charge is -2.28. The van der Waals surface area contributed by atoms with Crippen molar-refractivity contribution in [3.8, 4) is 0 Å². The van der Waals surface area contributed by atoms with Crippen LogP contribution in [0, 0.1) is 5.41 Å². The van der Waals surface area contributed by atoms with Gasteiger partial charge >= 0.3 is 0 Å². The summed E-state index contributed by atoms with van der Waals surface area (Å²) in [4.78, 5) is 0. The molecule has 0 aromatic carbocycles. The molecule has 3 heteroatoms. The first-order valence-electron chi connectivity index (χ1n) is 3.42. The molecule has 10 heavy (non-hydrogen) atoms. The van der Waals surface area contributed by atoms with Crippen molar-refractivity contribution >= 4 is 17.5 Å². The van der Waals surface area contributed by atoms with E-state index in [1.807, 2.05) is 11.8 Å². The van der Waals surface area contributed by atoms with Crippen LogP contribution in [-0.2, 0) is 0 Å². The highest BCUT2D eigenvalue weighted by atomic mass is 32.2. The maximum atomic E-state index is 8.50. The Morgan fingerprint density at radius 1 is 1.60 bits per heavy atom. The predicted octanol–water partition coefficient (Wildman–Crippen LogP) is 1.98. The SMILES string of the molecule is CC1(C)CSCC(=NO)C1. The molecule has 1 heterocycles. The highest BCUT2D eigenvalue weighted by Gasteiger charge is 2.25. The zero-order valence-electron chi connectivity index (χ0n) is 6.42. The summed E-state index contributed by atoms with van der Waals surface area (Å²) in [7, 11) is 0. The summed E-state index contributed by atoms with van der Waals surface area (Å²) in [6.07, 6.45) is 0.941. The first-order valence-corrected chi connectivity index (χ1v) is 4.57. The van der Waals surface area contributed by atoms with Gasteiger partial charge in [-0.2, -0.15) is 11.8 Å². The zero-order valence-corrected chi connectivity index (χ0v) is 7.24. The molecule has 0 aromatic rings. The van der Waals surface area contributed by atoms with E-state index in [0.717, 1.165) is 17.9 Å². The molecule has 1 N–H and O–H groups in total. The number of thioether (sulfide) groups is 1. The Bertz CT molecular complexity index is 154. The van der Waals surface area contributed by atoms with Crippen molar-refractivity contribution in [3.63, 3.8) is 0 Å². The third-order valence-corrected chi connectivity index (χ3v) is 3.11. The van der Waals surface area contributed by atoms with Crippen LogP contribution in [0.4, 0.5) is 0 Å². The summed E-state index contributed by atoms with van der Waals surface area (Å²) in [5, 5.41) is 11.7. The van der Waals surface area contributed by atoms with E-state index in [2.05, 4.69) is 19.0 Å². The number of rotatable bonds is 0. The maximum absolute atomic E-state index is 8.50. The average Bonchev–Trinajstić information content (AvgIpc) is 1.86. The quantitative estimate of drug-likeness (QED) is 0.433. The second-order valence-corrected chi connectivity index (χ2v) is 4.49. The molecule has 1 aliphatic rings. The van der Waals surface area contributed by atoms with Crippen LogP contribution in [0.2, 0.25) is 0 Å². The molecule has 1 aliphatic heterocycles. The molecule has 0 aromatic heterocycles. The van der Waals surface area contributed by atoms with Crippen molar-refractivity contribution in [2.75, 3.05) is 11.5 Å². The standard InChI is InChI=1S/C7H13NOS/c1-7(2)3-6(8-9)4-10-5-7/h9H,3-5H2,1-2H3. The zero-order chi connectivity index (χ0) is 7.61. The topological polar surface area (TPSA) is 32.6 Å². The third kappa shape index (κ3) is 1.90. The van der Waals surface area contributed by atoms with Crippen molar-refractivity contribution in [3.05, 3.63) is 0 Å². The minimum atomic E-state index is 0.324. The highest BCUT2D eigenvalue weighted by molar-refractivity contribution is 8.00. The first kappa shape index (κ1) is 7.92. The third-order valence-electron chi connectivity index (χ3n) is 1.59. The Balaban J connectivity index is 2.56. The van der Waals surface area contributed by atoms with E-state index in [0.29, 0.717) is 5.41 Å². The van der Waals surface area contributed by atoms with Gasteiger partial charge in [-0.25, -0.2) is 0 Å². The number of nitrogens with zero attached hydrogens (tertiary/aromatic N) is 1. The van der Waals surface area contributed by atoms with Crippen molar-refractivity contribution < 1.29 is 5.21 Å². The van der Waals surface area contributed by atoms with Gasteiger partial charge in [0.25, 0.3) is 0 Å². The second kappa shape index (κ2) is 2.82. The molecule has 0 amide bonds. The molecule has 0 unspecified atom stereocenters. The van der Waals surface area contributed by atoms with Gasteiger partial charge in [-0.1, -0.05) is 19.0 Å². The summed E-state index contributed by atoms with van der Waals surface area (Å²) in [6.45, 7) is 4.40. The Kier molecular flexibility index (Phi) is 2.24. The lowest BCUT2D eigenvalue weighted by molar-refractivity contribution is 0.312. The van der Waals surface area contributed by atoms with Gasteiger partial charge in [0.05, 0.1) is 5.71 Å². The lowest BCUT2D eigenvalue weighted by Crippen LogP contribution is -2.26. The van der Waals surface area contributed by atoms with Crippen LogP contribution in [0.3, 0.4) is 0 Å². The van der Waals surface area contributed by atoms with Gasteiger partial charge in [-0.3, -0.25) is 0 Å². The molecule has 0 aliphatic carbocycles. The van der Waals surface area contributed by atoms with E-state index >= 15 is 0 Å². The van der Waals surface area contributed by atoms with Crippen molar-refractivity contribution in [2.24, 2.45) is 10.6 Å². The van der Waals surface area contributed by atoms with Gasteiger partial charge in [0.2, 0.25) is 0 Å². The fraction of sp³-hybridized carbons (Fsp3) is 0.857. The lowest BCUT2D eigenvalue weighted by atomic mass is 9.89. The molecule has 58 valence electrons. The highest BCUT2D eigenvalue weighted by Crippen LogP contribution is 2.31. The molecule has 0 spiro atoms. The van der Waals surface area contributed by atoms with E-state index in [4.69, 9.17) is 5.21 Å². The molecule has 0 bridgehead atoms. The summed E-state index contributed by atoms with van der Waals surface area (Å²) in [5.41, 5.74) is 1.26. The molecule has 0 radical (unpaired) electrons. The molecule has 1 rings (SSSR count). The normalized spacial score (nSPS) is 28.8. The second-order valence-electron chi connectivity index (χ2n) is 3.50. The Hall–Kier alpha value is -0.180. The van der Waals surface area contributed by atoms with Crippen LogP contribution >= 0.6 is 11.8 Å². The maximum Gasteiger partial charge on any atom is 0.0675 e. The van der Waals surface area contributed by atoms with Crippen molar-refractivity contribution in [1.29, 1.82) is 0 Å². The molecule has 1 saturated heterocycles. The number of hydrogen-bond donors (Lipinski definition) is 1. The van der Waals surface area contributed by atoms with E-state index in [1.54, 1.807) is 0 Å². The van der Waals surface area contributed by atoms with E-state index in [1.165, 1.54) is 5.75 Å². The summed E-state index contributed by atoms with van der Waals surface area (Å²) < 4.78 is 0. The minimum absolute atomic E-state index is 0.324. The van der Waals surface area contributed by atoms with Gasteiger partial charge in [0.1, 0.15) is 0 Å². The molecular formula is C7H13NOS. The van der Waals surface area contributed by atoms with Crippen LogP contribution in [0.5, 0.6) is 0 Å². The molecule has 0 saturated carbocycles. The summed E-state index contributed by atoms with van der Waals surface area (Å²) in [6, 6.07) is 0. The summed E-state index contributed by atoms with van der Waals surface area (Å²) >= 11 is 1.84. The van der Waals surface area contributed by atoms with Gasteiger partial charge < -0.3 is 5.21 Å². The molecular weight excluding hydrogens is 146 g/mol. The minimum Gasteiger partial charge on any atom is -0.411 e. The summed E-state index contributed by atoms with van der Waals surface area (Å²) in [5.74, 6) is 2.08. The van der Waals surface area contributed by atoms with E-state index in [9.17, 15) is 0 Å². The van der Waals surface area contributed by atoms with Crippen LogP contribution < -0.4 is 0 Å². The van der Waals surface area contributed by atoms with Crippen LogP contribution in [0.25, 0.3) is 0 Å². The first-order chi connectivity index (χ1) is 4.64. The number of oxime groups is 1. The van der Waals surface area contributed by atoms with E-state index < -0.39 is 0 Å². The number of hydrogen-bond acceptors (Lipinski definition) is 3. The van der Waals surface area contributed by atoms with Gasteiger partial charge in [0, 0.05) is 5.75 Å². The predicted molar refractivity (Wildman–Crippen MR) is 44.9 cm³/mol. The van der Waals surface area contributed by atoms with Crippen LogP contribution in [0.15, 0.2) is 5.16 Å². The monoisotopic (exact) mass is 159 g/mol. The van der Waals surface area contributed by atoms with Crippen LogP contribution in [-0.4, -0.2) is 22.4 Å². The fourth-order valence-corrected chi connectivity index (χ4v) is 2.32. The average molecular weight is 159 g/mol.